The second kappa shape index (κ2) is 8.61. The van der Waals surface area contributed by atoms with Gasteiger partial charge in [0.15, 0.2) is 0 Å². The van der Waals surface area contributed by atoms with E-state index in [1.54, 1.807) is 23.5 Å². The van der Waals surface area contributed by atoms with Gasteiger partial charge in [-0.1, -0.05) is 12.1 Å². The number of nitrogens with zero attached hydrogens (tertiary/aromatic N) is 1. The van der Waals surface area contributed by atoms with E-state index < -0.39 is 10.0 Å². The molecule has 2 heterocycles. The minimum Gasteiger partial charge on any atom is -0.352 e. The molecule has 0 atom stereocenters. The lowest BCUT2D eigenvalue weighted by atomic mass is 10.2. The van der Waals surface area contributed by atoms with Crippen molar-refractivity contribution in [2.24, 2.45) is 0 Å². The number of carbonyl (C=O) groups excluding carboxylic acids is 1. The Morgan fingerprint density at radius 1 is 1.19 bits per heavy atom. The average Bonchev–Trinajstić information content (AvgIpc) is 3.29. The summed E-state index contributed by atoms with van der Waals surface area (Å²) in [7, 11) is -2.09. The van der Waals surface area contributed by atoms with E-state index in [1.165, 1.54) is 30.5 Å². The molecule has 0 saturated carbocycles. The van der Waals surface area contributed by atoms with E-state index >= 15 is 0 Å². The van der Waals surface area contributed by atoms with Gasteiger partial charge in [-0.15, -0.1) is 22.7 Å². The fourth-order valence-electron chi connectivity index (χ4n) is 2.26. The quantitative estimate of drug-likeness (QED) is 0.536. The Bertz CT molecular complexity index is 1040. The predicted octanol–water partition coefficient (Wildman–Crippen LogP) is 3.40. The Hall–Kier alpha value is -1.59. The Morgan fingerprint density at radius 2 is 1.93 bits per heavy atom. The number of amides is 1. The van der Waals surface area contributed by atoms with Crippen LogP contribution in [-0.4, -0.2) is 26.4 Å². The molecule has 0 spiro atoms. The van der Waals surface area contributed by atoms with Gasteiger partial charge >= 0.3 is 0 Å². The van der Waals surface area contributed by atoms with E-state index in [9.17, 15) is 13.2 Å². The number of hydrogen-bond donors (Lipinski definition) is 2. The van der Waals surface area contributed by atoms with Gasteiger partial charge in [0.1, 0.15) is 5.01 Å². The Labute approximate surface area is 173 Å². The Balaban J connectivity index is 1.55. The molecule has 1 amide bonds. The second-order valence-corrected chi connectivity index (χ2v) is 10.1. The summed E-state index contributed by atoms with van der Waals surface area (Å²) >= 11 is 6.54. The highest BCUT2D eigenvalue weighted by Gasteiger charge is 2.12. The Morgan fingerprint density at radius 3 is 2.56 bits per heavy atom. The van der Waals surface area contributed by atoms with Gasteiger partial charge in [-0.25, -0.2) is 18.1 Å². The van der Waals surface area contributed by atoms with E-state index in [4.69, 9.17) is 0 Å². The van der Waals surface area contributed by atoms with Gasteiger partial charge < -0.3 is 5.32 Å². The van der Waals surface area contributed by atoms with Crippen LogP contribution in [0.3, 0.4) is 0 Å². The van der Waals surface area contributed by atoms with E-state index in [0.29, 0.717) is 6.54 Å². The van der Waals surface area contributed by atoms with E-state index in [-0.39, 0.29) is 17.2 Å². The number of rotatable bonds is 7. The van der Waals surface area contributed by atoms with E-state index in [0.717, 1.165) is 25.6 Å². The summed E-state index contributed by atoms with van der Waals surface area (Å²) in [6, 6.07) is 8.39. The van der Waals surface area contributed by atoms with E-state index in [1.807, 2.05) is 16.8 Å². The number of halogens is 1. The first-order valence-corrected chi connectivity index (χ1v) is 11.9. The SMILES string of the molecule is CNS(=O)(=O)c1ccc(CNC(=O)Cc2csc(-c3cc(Br)cs3)n2)cc1. The van der Waals surface area contributed by atoms with E-state index in [2.05, 4.69) is 31.0 Å². The maximum atomic E-state index is 12.2. The number of aromatic nitrogens is 1. The molecule has 10 heteroatoms. The van der Waals surface area contributed by atoms with Crippen molar-refractivity contribution in [3.63, 3.8) is 0 Å². The van der Waals surface area contributed by atoms with Crippen LogP contribution in [0.5, 0.6) is 0 Å². The van der Waals surface area contributed by atoms with Crippen LogP contribution < -0.4 is 10.0 Å². The third-order valence-electron chi connectivity index (χ3n) is 3.66. The minimum absolute atomic E-state index is 0.133. The molecule has 2 N–H and O–H groups in total. The zero-order valence-corrected chi connectivity index (χ0v) is 18.3. The molecule has 0 fully saturated rings. The maximum Gasteiger partial charge on any atom is 0.240 e. The normalized spacial score (nSPS) is 11.5. The van der Waals surface area contributed by atoms with Gasteiger partial charge in [-0.3, -0.25) is 4.79 Å². The molecule has 1 aromatic carbocycles. The molecule has 0 saturated heterocycles. The van der Waals surface area contributed by atoms with Gasteiger partial charge in [0.05, 0.1) is 21.9 Å². The van der Waals surface area contributed by atoms with Gasteiger partial charge in [0.2, 0.25) is 15.9 Å². The summed E-state index contributed by atoms with van der Waals surface area (Å²) in [5.74, 6) is -0.133. The molecule has 0 aliphatic rings. The van der Waals surface area contributed by atoms with Crippen molar-refractivity contribution in [1.29, 1.82) is 0 Å². The largest absolute Gasteiger partial charge is 0.352 e. The number of carbonyl (C=O) groups is 1. The molecule has 6 nitrogen and oxygen atoms in total. The molecular weight excluding hydrogens is 470 g/mol. The molecule has 0 unspecified atom stereocenters. The molecule has 27 heavy (non-hydrogen) atoms. The molecule has 0 aliphatic carbocycles. The molecular formula is C17H16BrN3O3S3. The highest BCUT2D eigenvalue weighted by atomic mass is 79.9. The molecule has 142 valence electrons. The lowest BCUT2D eigenvalue weighted by Gasteiger charge is -2.06. The number of sulfonamides is 1. The zero-order chi connectivity index (χ0) is 19.4. The number of nitrogens with one attached hydrogen (secondary N) is 2. The lowest BCUT2D eigenvalue weighted by Crippen LogP contribution is -2.24. The van der Waals surface area contributed by atoms with Crippen LogP contribution in [0, 0.1) is 0 Å². The average molecular weight is 486 g/mol. The molecule has 0 radical (unpaired) electrons. The fraction of sp³-hybridized carbons (Fsp3) is 0.176. The summed E-state index contributed by atoms with van der Waals surface area (Å²) in [6.45, 7) is 0.327. The van der Waals surface area contributed by atoms with Crippen LogP contribution in [0.2, 0.25) is 0 Å². The maximum absolute atomic E-state index is 12.2. The second-order valence-electron chi connectivity index (χ2n) is 5.58. The van der Waals surface area contributed by atoms with Crippen LogP contribution in [-0.2, 0) is 27.8 Å². The Kier molecular flexibility index (Phi) is 6.43. The number of thiophene rings is 1. The molecule has 0 bridgehead atoms. The summed E-state index contributed by atoms with van der Waals surface area (Å²) in [6.07, 6.45) is 0.204. The fourth-order valence-corrected chi connectivity index (χ4v) is 5.32. The minimum atomic E-state index is -3.45. The standard InChI is InChI=1S/C17H16BrN3O3S3/c1-19-27(23,24)14-4-2-11(3-5-14)8-20-16(22)7-13-10-26-17(21-13)15-6-12(18)9-25-15/h2-6,9-10,19H,7-8H2,1H3,(H,20,22). The first-order valence-electron chi connectivity index (χ1n) is 7.85. The molecule has 3 rings (SSSR count). The van der Waals surface area contributed by atoms with Gasteiger partial charge in [-0.05, 0) is 46.7 Å². The summed E-state index contributed by atoms with van der Waals surface area (Å²) in [5.41, 5.74) is 1.55. The molecule has 3 aromatic rings. The van der Waals surface area contributed by atoms with Crippen LogP contribution in [0.4, 0.5) is 0 Å². The number of hydrogen-bond acceptors (Lipinski definition) is 6. The lowest BCUT2D eigenvalue weighted by molar-refractivity contribution is -0.120. The first kappa shape index (κ1) is 20.2. The molecule has 0 aliphatic heterocycles. The van der Waals surface area contributed by atoms with Crippen molar-refractivity contribution < 1.29 is 13.2 Å². The first-order chi connectivity index (χ1) is 12.9. The van der Waals surface area contributed by atoms with Crippen molar-refractivity contribution >= 4 is 54.5 Å². The predicted molar refractivity (Wildman–Crippen MR) is 111 cm³/mol. The van der Waals surface area contributed by atoms with Crippen molar-refractivity contribution in [3.05, 3.63) is 56.8 Å². The highest BCUT2D eigenvalue weighted by molar-refractivity contribution is 9.10. The summed E-state index contributed by atoms with van der Waals surface area (Å²) in [4.78, 5) is 17.9. The topological polar surface area (TPSA) is 88.2 Å². The number of benzene rings is 1. The van der Waals surface area contributed by atoms with Crippen LogP contribution in [0.1, 0.15) is 11.3 Å². The highest BCUT2D eigenvalue weighted by Crippen LogP contribution is 2.32. The zero-order valence-electron chi connectivity index (χ0n) is 14.2. The summed E-state index contributed by atoms with van der Waals surface area (Å²) in [5, 5.41) is 7.61. The van der Waals surface area contributed by atoms with Gasteiger partial charge in [0, 0.05) is 21.8 Å². The van der Waals surface area contributed by atoms with Gasteiger partial charge in [0.25, 0.3) is 0 Å². The van der Waals surface area contributed by atoms with Crippen molar-refractivity contribution in [2.45, 2.75) is 17.9 Å². The van der Waals surface area contributed by atoms with Crippen LogP contribution in [0.15, 0.2) is 50.5 Å². The van der Waals surface area contributed by atoms with Crippen LogP contribution in [0.25, 0.3) is 9.88 Å². The monoisotopic (exact) mass is 485 g/mol. The summed E-state index contributed by atoms with van der Waals surface area (Å²) < 4.78 is 26.7. The number of thiazole rings is 1. The molecule has 2 aromatic heterocycles. The third kappa shape index (κ3) is 5.23. The van der Waals surface area contributed by atoms with Crippen LogP contribution >= 0.6 is 38.6 Å². The van der Waals surface area contributed by atoms with Crippen molar-refractivity contribution in [1.82, 2.24) is 15.0 Å². The van der Waals surface area contributed by atoms with Crippen molar-refractivity contribution in [2.75, 3.05) is 7.05 Å². The smallest absolute Gasteiger partial charge is 0.240 e. The third-order valence-corrected chi connectivity index (χ3v) is 7.85. The van der Waals surface area contributed by atoms with Gasteiger partial charge in [-0.2, -0.15) is 0 Å². The van der Waals surface area contributed by atoms with Crippen molar-refractivity contribution in [3.8, 4) is 9.88 Å².